The van der Waals surface area contributed by atoms with E-state index in [0.29, 0.717) is 17.5 Å². The van der Waals surface area contributed by atoms with Crippen molar-refractivity contribution in [3.63, 3.8) is 0 Å². The van der Waals surface area contributed by atoms with Crippen molar-refractivity contribution >= 4 is 23.1 Å². The quantitative estimate of drug-likeness (QED) is 0.799. The molecule has 1 fully saturated rings. The Bertz CT molecular complexity index is 319. The molecule has 1 aliphatic rings. The third-order valence-electron chi connectivity index (χ3n) is 4.33. The minimum atomic E-state index is -0.674. The van der Waals surface area contributed by atoms with Crippen molar-refractivity contribution in [2.75, 3.05) is 6.54 Å². The molecule has 1 amide bonds. The second-order valence-electron chi connectivity index (χ2n) is 5.46. The van der Waals surface area contributed by atoms with Crippen LogP contribution >= 0.6 is 12.2 Å². The van der Waals surface area contributed by atoms with Crippen molar-refractivity contribution in [3.8, 4) is 0 Å². The summed E-state index contributed by atoms with van der Waals surface area (Å²) < 4.78 is 0. The highest BCUT2D eigenvalue weighted by Crippen LogP contribution is 2.29. The van der Waals surface area contributed by atoms with Gasteiger partial charge in [0.15, 0.2) is 0 Å². The zero-order valence-corrected chi connectivity index (χ0v) is 12.7. The molecule has 104 valence electrons. The maximum absolute atomic E-state index is 12.8. The van der Waals surface area contributed by atoms with Gasteiger partial charge in [-0.2, -0.15) is 0 Å². The van der Waals surface area contributed by atoms with E-state index >= 15 is 0 Å². The van der Waals surface area contributed by atoms with E-state index in [1.165, 1.54) is 12.8 Å². The van der Waals surface area contributed by atoms with Gasteiger partial charge in [0, 0.05) is 12.6 Å². The first-order valence-corrected chi connectivity index (χ1v) is 7.49. The molecule has 1 saturated heterocycles. The number of nitrogens with two attached hydrogens (primary N) is 1. The summed E-state index contributed by atoms with van der Waals surface area (Å²) in [4.78, 5) is 15.1. The number of carbonyl (C=O) groups is 1. The standard InChI is InChI=1S/C14H26N2OS/c1-4-11-9-7-6-8-10-16(11)13(17)14(3,5-2)12(15)18/h11H,4-10H2,1-3H3,(H2,15,18). The Labute approximate surface area is 116 Å². The minimum Gasteiger partial charge on any atom is -0.392 e. The smallest absolute Gasteiger partial charge is 0.235 e. The molecule has 0 bridgehead atoms. The van der Waals surface area contributed by atoms with E-state index < -0.39 is 5.41 Å². The van der Waals surface area contributed by atoms with Crippen LogP contribution in [-0.4, -0.2) is 28.4 Å². The van der Waals surface area contributed by atoms with Crippen LogP contribution in [0.3, 0.4) is 0 Å². The van der Waals surface area contributed by atoms with Crippen LogP contribution in [0.2, 0.25) is 0 Å². The molecule has 0 aliphatic carbocycles. The number of hydrogen-bond acceptors (Lipinski definition) is 2. The Morgan fingerprint density at radius 2 is 2.06 bits per heavy atom. The van der Waals surface area contributed by atoms with Crippen LogP contribution in [-0.2, 0) is 4.79 Å². The van der Waals surface area contributed by atoms with Gasteiger partial charge in [-0.25, -0.2) is 0 Å². The van der Waals surface area contributed by atoms with Crippen molar-refractivity contribution in [1.82, 2.24) is 4.90 Å². The van der Waals surface area contributed by atoms with Gasteiger partial charge < -0.3 is 10.6 Å². The normalized spacial score (nSPS) is 24.2. The van der Waals surface area contributed by atoms with Crippen molar-refractivity contribution in [2.24, 2.45) is 11.1 Å². The van der Waals surface area contributed by atoms with E-state index in [2.05, 4.69) is 6.92 Å². The second-order valence-corrected chi connectivity index (χ2v) is 5.90. The summed E-state index contributed by atoms with van der Waals surface area (Å²) in [6.07, 6.45) is 6.34. The molecule has 0 aromatic rings. The van der Waals surface area contributed by atoms with E-state index in [4.69, 9.17) is 18.0 Å². The fourth-order valence-electron chi connectivity index (χ4n) is 2.62. The number of carbonyl (C=O) groups excluding carboxylic acids is 1. The lowest BCUT2D eigenvalue weighted by molar-refractivity contribution is -0.140. The number of nitrogens with zero attached hydrogens (tertiary/aromatic N) is 1. The highest BCUT2D eigenvalue weighted by molar-refractivity contribution is 7.80. The van der Waals surface area contributed by atoms with Crippen molar-refractivity contribution in [3.05, 3.63) is 0 Å². The topological polar surface area (TPSA) is 46.3 Å². The van der Waals surface area contributed by atoms with E-state index in [9.17, 15) is 4.79 Å². The summed E-state index contributed by atoms with van der Waals surface area (Å²) in [5, 5.41) is 0. The highest BCUT2D eigenvalue weighted by Gasteiger charge is 2.40. The molecule has 0 aromatic carbocycles. The zero-order chi connectivity index (χ0) is 13.8. The SMILES string of the molecule is CCC1CCCCCN1C(=O)C(C)(CC)C(N)=S. The molecule has 1 heterocycles. The summed E-state index contributed by atoms with van der Waals surface area (Å²) in [5.41, 5.74) is 5.13. The van der Waals surface area contributed by atoms with Crippen LogP contribution in [0, 0.1) is 5.41 Å². The molecule has 2 unspecified atom stereocenters. The predicted octanol–water partition coefficient (Wildman–Crippen LogP) is 2.87. The van der Waals surface area contributed by atoms with Gasteiger partial charge in [-0.1, -0.05) is 38.9 Å². The Morgan fingerprint density at radius 3 is 2.56 bits per heavy atom. The molecule has 0 aromatic heterocycles. The molecule has 18 heavy (non-hydrogen) atoms. The first kappa shape index (κ1) is 15.4. The number of rotatable bonds is 4. The largest absolute Gasteiger partial charge is 0.392 e. The van der Waals surface area contributed by atoms with E-state index in [1.807, 2.05) is 18.7 Å². The van der Waals surface area contributed by atoms with Crippen LogP contribution in [0.25, 0.3) is 0 Å². The van der Waals surface area contributed by atoms with Crippen LogP contribution < -0.4 is 5.73 Å². The fourth-order valence-corrected chi connectivity index (χ4v) is 2.85. The molecule has 3 nitrogen and oxygen atoms in total. The maximum Gasteiger partial charge on any atom is 0.235 e. The van der Waals surface area contributed by atoms with Gasteiger partial charge in [0.25, 0.3) is 0 Å². The van der Waals surface area contributed by atoms with Crippen molar-refractivity contribution in [1.29, 1.82) is 0 Å². The molecular weight excluding hydrogens is 244 g/mol. The number of likely N-dealkylation sites (tertiary alicyclic amines) is 1. The average molecular weight is 270 g/mol. The first-order chi connectivity index (χ1) is 8.47. The molecular formula is C14H26N2OS. The molecule has 1 aliphatic heterocycles. The van der Waals surface area contributed by atoms with Gasteiger partial charge in [0.1, 0.15) is 0 Å². The van der Waals surface area contributed by atoms with E-state index in [1.54, 1.807) is 0 Å². The molecule has 0 radical (unpaired) electrons. The third-order valence-corrected chi connectivity index (χ3v) is 4.78. The highest BCUT2D eigenvalue weighted by atomic mass is 32.1. The lowest BCUT2D eigenvalue weighted by Crippen LogP contribution is -2.51. The second kappa shape index (κ2) is 6.50. The summed E-state index contributed by atoms with van der Waals surface area (Å²) >= 11 is 5.11. The molecule has 0 saturated carbocycles. The van der Waals surface area contributed by atoms with Gasteiger partial charge >= 0.3 is 0 Å². The summed E-state index contributed by atoms with van der Waals surface area (Å²) in [6, 6.07) is 0.361. The molecule has 2 N–H and O–H groups in total. The Hall–Kier alpha value is -0.640. The van der Waals surface area contributed by atoms with E-state index in [-0.39, 0.29) is 5.91 Å². The monoisotopic (exact) mass is 270 g/mol. The Kier molecular flexibility index (Phi) is 5.57. The number of thiocarbonyl (C=S) groups is 1. The van der Waals surface area contributed by atoms with Gasteiger partial charge in [-0.3, -0.25) is 4.79 Å². The first-order valence-electron chi connectivity index (χ1n) is 7.08. The summed E-state index contributed by atoms with van der Waals surface area (Å²) in [6.45, 7) is 6.88. The molecule has 4 heteroatoms. The van der Waals surface area contributed by atoms with Crippen molar-refractivity contribution < 1.29 is 4.79 Å². The maximum atomic E-state index is 12.8. The third kappa shape index (κ3) is 3.02. The molecule has 2 atom stereocenters. The zero-order valence-electron chi connectivity index (χ0n) is 11.9. The van der Waals surface area contributed by atoms with Crippen LogP contribution in [0.4, 0.5) is 0 Å². The minimum absolute atomic E-state index is 0.131. The number of hydrogen-bond donors (Lipinski definition) is 1. The number of amides is 1. The Morgan fingerprint density at radius 1 is 1.39 bits per heavy atom. The van der Waals surface area contributed by atoms with Crippen LogP contribution in [0.5, 0.6) is 0 Å². The van der Waals surface area contributed by atoms with Crippen LogP contribution in [0.15, 0.2) is 0 Å². The lowest BCUT2D eigenvalue weighted by atomic mass is 9.85. The van der Waals surface area contributed by atoms with Gasteiger partial charge in [0.05, 0.1) is 10.4 Å². The van der Waals surface area contributed by atoms with Crippen molar-refractivity contribution in [2.45, 2.75) is 65.3 Å². The molecule has 0 spiro atoms. The predicted molar refractivity (Wildman–Crippen MR) is 79.4 cm³/mol. The van der Waals surface area contributed by atoms with Gasteiger partial charge in [0.2, 0.25) is 5.91 Å². The van der Waals surface area contributed by atoms with Gasteiger partial charge in [-0.15, -0.1) is 0 Å². The molecule has 1 rings (SSSR count). The lowest BCUT2D eigenvalue weighted by Gasteiger charge is -2.37. The Balaban J connectivity index is 2.94. The van der Waals surface area contributed by atoms with Crippen LogP contribution in [0.1, 0.15) is 59.3 Å². The summed E-state index contributed by atoms with van der Waals surface area (Å²) in [5.74, 6) is 0.131. The van der Waals surface area contributed by atoms with Gasteiger partial charge in [-0.05, 0) is 32.6 Å². The fraction of sp³-hybridized carbons (Fsp3) is 0.857. The average Bonchev–Trinajstić information content (AvgIpc) is 2.61. The van der Waals surface area contributed by atoms with E-state index in [0.717, 1.165) is 25.8 Å². The summed E-state index contributed by atoms with van der Waals surface area (Å²) in [7, 11) is 0.